The Kier molecular flexibility index (Phi) is 4.36. The second-order valence-corrected chi connectivity index (χ2v) is 6.28. The van der Waals surface area contributed by atoms with Gasteiger partial charge in [-0.05, 0) is 29.7 Å². The molecule has 5 heteroatoms. The van der Waals surface area contributed by atoms with E-state index in [2.05, 4.69) is 4.90 Å². The van der Waals surface area contributed by atoms with Gasteiger partial charge < -0.3 is 10.8 Å². The van der Waals surface area contributed by atoms with Gasteiger partial charge in [-0.3, -0.25) is 14.5 Å². The Hall–Kier alpha value is -2.66. The number of carboxylic acid groups (broad SMARTS) is 1. The molecule has 3 rings (SSSR count). The summed E-state index contributed by atoms with van der Waals surface area (Å²) in [6.45, 7) is 1.75. The van der Waals surface area contributed by atoms with Crippen LogP contribution >= 0.6 is 0 Å². The van der Waals surface area contributed by atoms with E-state index in [1.54, 1.807) is 18.2 Å². The van der Waals surface area contributed by atoms with E-state index >= 15 is 0 Å². The highest BCUT2D eigenvalue weighted by Crippen LogP contribution is 2.35. The molecule has 0 aliphatic carbocycles. The first-order valence-electron chi connectivity index (χ1n) is 7.91. The molecule has 24 heavy (non-hydrogen) atoms. The lowest BCUT2D eigenvalue weighted by Gasteiger charge is -2.25. The SMILES string of the molecule is NC(=O)c1cccc(CN2CCC(C(=O)O)(c3ccccc3)C2)c1. The number of rotatable bonds is 5. The summed E-state index contributed by atoms with van der Waals surface area (Å²) in [5, 5.41) is 9.83. The highest BCUT2D eigenvalue weighted by atomic mass is 16.4. The summed E-state index contributed by atoms with van der Waals surface area (Å²) in [7, 11) is 0. The molecule has 124 valence electrons. The molecule has 3 N–H and O–H groups in total. The van der Waals surface area contributed by atoms with Crippen molar-refractivity contribution in [3.63, 3.8) is 0 Å². The lowest BCUT2D eigenvalue weighted by molar-refractivity contribution is -0.143. The van der Waals surface area contributed by atoms with Crippen molar-refractivity contribution in [3.05, 3.63) is 71.3 Å². The maximum Gasteiger partial charge on any atom is 0.315 e. The molecular formula is C19H20N2O3. The summed E-state index contributed by atoms with van der Waals surface area (Å²) in [4.78, 5) is 25.4. The number of amides is 1. The second-order valence-electron chi connectivity index (χ2n) is 6.28. The van der Waals surface area contributed by atoms with Gasteiger partial charge in [0.15, 0.2) is 0 Å². The fourth-order valence-corrected chi connectivity index (χ4v) is 3.40. The summed E-state index contributed by atoms with van der Waals surface area (Å²) in [6, 6.07) is 16.6. The Labute approximate surface area is 140 Å². The van der Waals surface area contributed by atoms with E-state index in [0.717, 1.165) is 11.1 Å². The molecule has 1 atom stereocenters. The topological polar surface area (TPSA) is 83.6 Å². The largest absolute Gasteiger partial charge is 0.481 e. The van der Waals surface area contributed by atoms with Crippen LogP contribution < -0.4 is 5.73 Å². The van der Waals surface area contributed by atoms with Crippen LogP contribution in [0.15, 0.2) is 54.6 Å². The molecule has 0 spiro atoms. The molecule has 1 heterocycles. The van der Waals surface area contributed by atoms with Crippen molar-refractivity contribution in [1.82, 2.24) is 4.90 Å². The molecule has 1 saturated heterocycles. The zero-order valence-electron chi connectivity index (χ0n) is 13.3. The fraction of sp³-hybridized carbons (Fsp3) is 0.263. The van der Waals surface area contributed by atoms with Crippen molar-refractivity contribution in [3.8, 4) is 0 Å². The predicted octanol–water partition coefficient (Wildman–Crippen LogP) is 2.01. The fourth-order valence-electron chi connectivity index (χ4n) is 3.40. The minimum atomic E-state index is -0.872. The minimum absolute atomic E-state index is 0.452. The molecular weight excluding hydrogens is 304 g/mol. The molecule has 1 fully saturated rings. The second kappa shape index (κ2) is 6.45. The molecule has 0 radical (unpaired) electrons. The third kappa shape index (κ3) is 3.03. The van der Waals surface area contributed by atoms with E-state index < -0.39 is 17.3 Å². The monoisotopic (exact) mass is 324 g/mol. The zero-order valence-corrected chi connectivity index (χ0v) is 13.3. The maximum absolute atomic E-state index is 12.0. The van der Waals surface area contributed by atoms with Crippen LogP contribution in [0, 0.1) is 0 Å². The third-order valence-electron chi connectivity index (χ3n) is 4.70. The average Bonchev–Trinajstić information content (AvgIpc) is 3.01. The van der Waals surface area contributed by atoms with Gasteiger partial charge in [-0.2, -0.15) is 0 Å². The Morgan fingerprint density at radius 1 is 1.12 bits per heavy atom. The van der Waals surface area contributed by atoms with Crippen LogP contribution in [0.1, 0.15) is 27.9 Å². The minimum Gasteiger partial charge on any atom is -0.481 e. The first kappa shape index (κ1) is 16.2. The molecule has 2 aromatic rings. The van der Waals surface area contributed by atoms with Gasteiger partial charge in [-0.25, -0.2) is 0 Å². The molecule has 2 aromatic carbocycles. The smallest absolute Gasteiger partial charge is 0.315 e. The highest BCUT2D eigenvalue weighted by molar-refractivity contribution is 5.92. The quantitative estimate of drug-likeness (QED) is 0.881. The van der Waals surface area contributed by atoms with Gasteiger partial charge in [-0.15, -0.1) is 0 Å². The van der Waals surface area contributed by atoms with Gasteiger partial charge in [-0.1, -0.05) is 42.5 Å². The number of benzene rings is 2. The summed E-state index contributed by atoms with van der Waals surface area (Å²) in [5.41, 5.74) is 6.72. The van der Waals surface area contributed by atoms with Crippen LogP contribution in [0.5, 0.6) is 0 Å². The predicted molar refractivity (Wildman–Crippen MR) is 90.6 cm³/mol. The van der Waals surface area contributed by atoms with Crippen LogP contribution in [0.2, 0.25) is 0 Å². The molecule has 1 aliphatic heterocycles. The van der Waals surface area contributed by atoms with Crippen LogP contribution in [-0.4, -0.2) is 35.0 Å². The van der Waals surface area contributed by atoms with E-state index in [4.69, 9.17) is 5.73 Å². The van der Waals surface area contributed by atoms with Crippen molar-refractivity contribution in [2.24, 2.45) is 5.73 Å². The maximum atomic E-state index is 12.0. The molecule has 1 unspecified atom stereocenters. The Balaban J connectivity index is 1.80. The van der Waals surface area contributed by atoms with Crippen molar-refractivity contribution >= 4 is 11.9 Å². The Bertz CT molecular complexity index is 760. The molecule has 1 aliphatic rings. The van der Waals surface area contributed by atoms with E-state index in [0.29, 0.717) is 31.6 Å². The zero-order chi connectivity index (χ0) is 17.2. The van der Waals surface area contributed by atoms with E-state index in [1.807, 2.05) is 36.4 Å². The van der Waals surface area contributed by atoms with E-state index in [1.165, 1.54) is 0 Å². The van der Waals surface area contributed by atoms with Gasteiger partial charge in [0.1, 0.15) is 5.41 Å². The molecule has 0 bridgehead atoms. The number of nitrogens with zero attached hydrogens (tertiary/aromatic N) is 1. The number of carbonyl (C=O) groups excluding carboxylic acids is 1. The number of nitrogens with two attached hydrogens (primary N) is 1. The van der Waals surface area contributed by atoms with Crippen molar-refractivity contribution in [1.29, 1.82) is 0 Å². The summed E-state index contributed by atoms with van der Waals surface area (Å²) >= 11 is 0. The number of aliphatic carboxylic acids is 1. The summed E-state index contributed by atoms with van der Waals surface area (Å²) < 4.78 is 0. The number of hydrogen-bond donors (Lipinski definition) is 2. The van der Waals surface area contributed by atoms with Crippen LogP contribution in [0.25, 0.3) is 0 Å². The number of carboxylic acids is 1. The van der Waals surface area contributed by atoms with Gasteiger partial charge in [0.25, 0.3) is 0 Å². The number of carbonyl (C=O) groups is 2. The lowest BCUT2D eigenvalue weighted by atomic mass is 9.80. The van der Waals surface area contributed by atoms with Gasteiger partial charge in [0, 0.05) is 25.2 Å². The number of hydrogen-bond acceptors (Lipinski definition) is 3. The van der Waals surface area contributed by atoms with Crippen molar-refractivity contribution in [2.45, 2.75) is 18.4 Å². The van der Waals surface area contributed by atoms with Crippen LogP contribution in [0.3, 0.4) is 0 Å². The summed E-state index contributed by atoms with van der Waals surface area (Å²) in [5.74, 6) is -1.25. The molecule has 5 nitrogen and oxygen atoms in total. The third-order valence-corrected chi connectivity index (χ3v) is 4.70. The van der Waals surface area contributed by atoms with Crippen LogP contribution in [0.4, 0.5) is 0 Å². The van der Waals surface area contributed by atoms with Crippen molar-refractivity contribution in [2.75, 3.05) is 13.1 Å². The van der Waals surface area contributed by atoms with Gasteiger partial charge >= 0.3 is 5.97 Å². The standard InChI is InChI=1S/C19H20N2O3/c20-17(22)15-6-4-5-14(11-15)12-21-10-9-19(13-21,18(23)24)16-7-2-1-3-8-16/h1-8,11H,9-10,12-13H2,(H2,20,22)(H,23,24). The van der Waals surface area contributed by atoms with Gasteiger partial charge in [0.05, 0.1) is 0 Å². The molecule has 0 saturated carbocycles. The normalized spacial score (nSPS) is 20.8. The average molecular weight is 324 g/mol. The molecule has 1 amide bonds. The van der Waals surface area contributed by atoms with E-state index in [9.17, 15) is 14.7 Å². The summed E-state index contributed by atoms with van der Waals surface area (Å²) in [6.07, 6.45) is 0.571. The first-order chi connectivity index (χ1) is 11.5. The van der Waals surface area contributed by atoms with Gasteiger partial charge in [0.2, 0.25) is 5.91 Å². The number of primary amides is 1. The first-order valence-corrected chi connectivity index (χ1v) is 7.91. The Morgan fingerprint density at radius 2 is 1.88 bits per heavy atom. The molecule has 0 aromatic heterocycles. The van der Waals surface area contributed by atoms with E-state index in [-0.39, 0.29) is 0 Å². The Morgan fingerprint density at radius 3 is 2.54 bits per heavy atom. The highest BCUT2D eigenvalue weighted by Gasteiger charge is 2.46. The lowest BCUT2D eigenvalue weighted by Crippen LogP contribution is -2.38. The van der Waals surface area contributed by atoms with Crippen molar-refractivity contribution < 1.29 is 14.7 Å². The number of likely N-dealkylation sites (tertiary alicyclic amines) is 1. The van der Waals surface area contributed by atoms with Crippen LogP contribution in [-0.2, 0) is 16.8 Å².